The fourth-order valence-electron chi connectivity index (χ4n) is 2.49. The predicted octanol–water partition coefficient (Wildman–Crippen LogP) is 2.60. The van der Waals surface area contributed by atoms with Gasteiger partial charge < -0.3 is 10.3 Å². The molecule has 0 saturated heterocycles. The van der Waals surface area contributed by atoms with E-state index >= 15 is 0 Å². The van der Waals surface area contributed by atoms with Gasteiger partial charge in [-0.25, -0.2) is 4.98 Å². The number of amides is 1. The van der Waals surface area contributed by atoms with E-state index in [1.165, 1.54) is 0 Å². The number of rotatable bonds is 5. The summed E-state index contributed by atoms with van der Waals surface area (Å²) in [6.07, 6.45) is 0.855. The van der Waals surface area contributed by atoms with Gasteiger partial charge in [0.1, 0.15) is 5.82 Å². The summed E-state index contributed by atoms with van der Waals surface area (Å²) in [6.45, 7) is 0.486. The Morgan fingerprint density at radius 1 is 1.17 bits per heavy atom. The summed E-state index contributed by atoms with van der Waals surface area (Å²) in [6, 6.07) is 17.1. The highest BCUT2D eigenvalue weighted by Crippen LogP contribution is 2.11. The Morgan fingerprint density at radius 2 is 1.96 bits per heavy atom. The molecular weight excluding hydrogens is 288 g/mol. The van der Waals surface area contributed by atoms with Crippen LogP contribution < -0.4 is 5.32 Å². The number of hydrogen-bond donors (Lipinski definition) is 2. The van der Waals surface area contributed by atoms with Crippen LogP contribution in [0.1, 0.15) is 21.7 Å². The van der Waals surface area contributed by atoms with E-state index in [1.807, 2.05) is 30.3 Å². The zero-order valence-electron chi connectivity index (χ0n) is 12.5. The van der Waals surface area contributed by atoms with Crippen LogP contribution in [0.25, 0.3) is 11.0 Å². The van der Waals surface area contributed by atoms with Crippen molar-refractivity contribution in [2.45, 2.75) is 12.8 Å². The van der Waals surface area contributed by atoms with E-state index in [1.54, 1.807) is 18.2 Å². The Hall–Kier alpha value is -3.13. The molecule has 3 rings (SSSR count). The summed E-state index contributed by atoms with van der Waals surface area (Å²) in [5.41, 5.74) is 3.22. The van der Waals surface area contributed by atoms with Crippen LogP contribution in [0.5, 0.6) is 0 Å². The third kappa shape index (κ3) is 3.38. The molecule has 0 spiro atoms. The first-order chi connectivity index (χ1) is 11.3. The SMILES string of the molecule is N#CCc1ccccc1C(=O)NCCc1nc2ccccc2[nH]1. The highest BCUT2D eigenvalue weighted by Gasteiger charge is 2.10. The van der Waals surface area contributed by atoms with Crippen molar-refractivity contribution >= 4 is 16.9 Å². The van der Waals surface area contributed by atoms with E-state index in [-0.39, 0.29) is 12.3 Å². The maximum atomic E-state index is 12.3. The van der Waals surface area contributed by atoms with E-state index in [0.29, 0.717) is 18.5 Å². The summed E-state index contributed by atoms with van der Waals surface area (Å²) in [7, 11) is 0. The lowest BCUT2D eigenvalue weighted by Crippen LogP contribution is -2.26. The van der Waals surface area contributed by atoms with E-state index in [0.717, 1.165) is 22.4 Å². The largest absolute Gasteiger partial charge is 0.352 e. The molecule has 1 heterocycles. The second kappa shape index (κ2) is 6.75. The molecule has 0 radical (unpaired) electrons. The minimum atomic E-state index is -0.160. The van der Waals surface area contributed by atoms with Crippen LogP contribution in [-0.4, -0.2) is 22.4 Å². The van der Waals surface area contributed by atoms with Crippen LogP contribution in [0.2, 0.25) is 0 Å². The number of hydrogen-bond acceptors (Lipinski definition) is 3. The van der Waals surface area contributed by atoms with Gasteiger partial charge in [-0.1, -0.05) is 30.3 Å². The number of benzene rings is 2. The van der Waals surface area contributed by atoms with E-state index < -0.39 is 0 Å². The number of nitrogens with one attached hydrogen (secondary N) is 2. The first-order valence-corrected chi connectivity index (χ1v) is 7.44. The van der Waals surface area contributed by atoms with Crippen molar-refractivity contribution < 1.29 is 4.79 Å². The third-order valence-corrected chi connectivity index (χ3v) is 3.62. The smallest absolute Gasteiger partial charge is 0.251 e. The molecule has 5 nitrogen and oxygen atoms in total. The van der Waals surface area contributed by atoms with Crippen LogP contribution in [0.3, 0.4) is 0 Å². The zero-order valence-corrected chi connectivity index (χ0v) is 12.5. The molecule has 0 aliphatic carbocycles. The van der Waals surface area contributed by atoms with Crippen LogP contribution in [0, 0.1) is 11.3 Å². The first kappa shape index (κ1) is 14.8. The van der Waals surface area contributed by atoms with Crippen molar-refractivity contribution in [3.05, 3.63) is 65.5 Å². The molecule has 114 valence electrons. The van der Waals surface area contributed by atoms with Gasteiger partial charge in [0.05, 0.1) is 23.5 Å². The molecule has 5 heteroatoms. The highest BCUT2D eigenvalue weighted by molar-refractivity contribution is 5.95. The number of para-hydroxylation sites is 2. The lowest BCUT2D eigenvalue weighted by atomic mass is 10.0. The molecule has 0 aliphatic rings. The van der Waals surface area contributed by atoms with Gasteiger partial charge in [-0.15, -0.1) is 0 Å². The third-order valence-electron chi connectivity index (χ3n) is 3.62. The second-order valence-corrected chi connectivity index (χ2v) is 5.20. The Balaban J connectivity index is 1.62. The molecule has 0 fully saturated rings. The number of fused-ring (bicyclic) bond motifs is 1. The molecule has 23 heavy (non-hydrogen) atoms. The van der Waals surface area contributed by atoms with Gasteiger partial charge in [0.25, 0.3) is 5.91 Å². The monoisotopic (exact) mass is 304 g/mol. The average molecular weight is 304 g/mol. The molecule has 1 amide bonds. The maximum Gasteiger partial charge on any atom is 0.251 e. The van der Waals surface area contributed by atoms with Crippen LogP contribution in [0.4, 0.5) is 0 Å². The Kier molecular flexibility index (Phi) is 4.34. The lowest BCUT2D eigenvalue weighted by Gasteiger charge is -2.07. The van der Waals surface area contributed by atoms with Gasteiger partial charge >= 0.3 is 0 Å². The van der Waals surface area contributed by atoms with Crippen molar-refractivity contribution in [3.8, 4) is 6.07 Å². The number of nitriles is 1. The summed E-state index contributed by atoms with van der Waals surface area (Å²) in [4.78, 5) is 20.0. The van der Waals surface area contributed by atoms with Crippen molar-refractivity contribution in [1.29, 1.82) is 5.26 Å². The van der Waals surface area contributed by atoms with Gasteiger partial charge in [-0.2, -0.15) is 5.26 Å². The Bertz CT molecular complexity index is 843. The fourth-order valence-corrected chi connectivity index (χ4v) is 2.49. The molecule has 2 N–H and O–H groups in total. The number of aromatic nitrogens is 2. The molecule has 0 atom stereocenters. The zero-order chi connectivity index (χ0) is 16.1. The molecule has 0 aliphatic heterocycles. The van der Waals surface area contributed by atoms with Crippen LogP contribution in [0.15, 0.2) is 48.5 Å². The quantitative estimate of drug-likeness (QED) is 0.760. The number of H-pyrrole nitrogens is 1. The molecular formula is C18H16N4O. The average Bonchev–Trinajstić information content (AvgIpc) is 2.98. The molecule has 1 aromatic heterocycles. The van der Waals surface area contributed by atoms with Crippen molar-refractivity contribution in [3.63, 3.8) is 0 Å². The lowest BCUT2D eigenvalue weighted by molar-refractivity contribution is 0.0953. The number of nitrogens with zero attached hydrogens (tertiary/aromatic N) is 2. The summed E-state index contributed by atoms with van der Waals surface area (Å²) in [5.74, 6) is 0.684. The molecule has 3 aromatic rings. The topological polar surface area (TPSA) is 81.6 Å². The first-order valence-electron chi connectivity index (χ1n) is 7.44. The number of carbonyl (C=O) groups is 1. The number of carbonyl (C=O) groups excluding carboxylic acids is 1. The minimum Gasteiger partial charge on any atom is -0.352 e. The number of aromatic amines is 1. The maximum absolute atomic E-state index is 12.3. The summed E-state index contributed by atoms with van der Waals surface area (Å²) in [5, 5.41) is 11.7. The molecule has 0 bridgehead atoms. The highest BCUT2D eigenvalue weighted by atomic mass is 16.1. The van der Waals surface area contributed by atoms with Crippen molar-refractivity contribution in [2.24, 2.45) is 0 Å². The number of imidazole rings is 1. The van der Waals surface area contributed by atoms with Gasteiger partial charge in [0.2, 0.25) is 0 Å². The van der Waals surface area contributed by atoms with E-state index in [2.05, 4.69) is 21.4 Å². The van der Waals surface area contributed by atoms with E-state index in [4.69, 9.17) is 5.26 Å². The van der Waals surface area contributed by atoms with Gasteiger partial charge in [0, 0.05) is 18.5 Å². The van der Waals surface area contributed by atoms with Crippen molar-refractivity contribution in [1.82, 2.24) is 15.3 Å². The van der Waals surface area contributed by atoms with Gasteiger partial charge in [-0.05, 0) is 23.8 Å². The van der Waals surface area contributed by atoms with Crippen LogP contribution >= 0.6 is 0 Å². The molecule has 0 unspecified atom stereocenters. The van der Waals surface area contributed by atoms with Crippen LogP contribution in [-0.2, 0) is 12.8 Å². The minimum absolute atomic E-state index is 0.160. The Labute approximate surface area is 134 Å². The predicted molar refractivity (Wildman–Crippen MR) is 87.9 cm³/mol. The van der Waals surface area contributed by atoms with Crippen molar-refractivity contribution in [2.75, 3.05) is 6.54 Å². The van der Waals surface area contributed by atoms with E-state index in [9.17, 15) is 4.79 Å². The summed E-state index contributed by atoms with van der Waals surface area (Å²) >= 11 is 0. The van der Waals surface area contributed by atoms with Gasteiger partial charge in [0.15, 0.2) is 0 Å². The van der Waals surface area contributed by atoms with Gasteiger partial charge in [-0.3, -0.25) is 4.79 Å². The normalized spacial score (nSPS) is 10.4. The Morgan fingerprint density at radius 3 is 2.78 bits per heavy atom. The molecule has 0 saturated carbocycles. The standard InChI is InChI=1S/C18H16N4O/c19-11-9-13-5-1-2-6-14(13)18(23)20-12-10-17-21-15-7-3-4-8-16(15)22-17/h1-8H,9-10,12H2,(H,20,23)(H,21,22). The fraction of sp³-hybridized carbons (Fsp3) is 0.167. The summed E-state index contributed by atoms with van der Waals surface area (Å²) < 4.78 is 0. The second-order valence-electron chi connectivity index (χ2n) is 5.20. The molecule has 2 aromatic carbocycles.